The number of amides is 2. The summed E-state index contributed by atoms with van der Waals surface area (Å²) in [4.78, 5) is 35.9. The van der Waals surface area contributed by atoms with E-state index < -0.39 is 12.1 Å². The molecule has 2 aliphatic rings. The molecule has 33 heavy (non-hydrogen) atoms. The average Bonchev–Trinajstić information content (AvgIpc) is 3.07. The first kappa shape index (κ1) is 22.8. The van der Waals surface area contributed by atoms with Gasteiger partial charge >= 0.3 is 12.1 Å². The largest absolute Gasteiger partial charge is 0.481 e. The minimum atomic E-state index is -0.822. The van der Waals surface area contributed by atoms with Crippen molar-refractivity contribution >= 4 is 18.0 Å². The third-order valence-corrected chi connectivity index (χ3v) is 6.71. The van der Waals surface area contributed by atoms with E-state index in [-0.39, 0.29) is 48.8 Å². The van der Waals surface area contributed by atoms with Crippen LogP contribution in [-0.2, 0) is 14.3 Å². The van der Waals surface area contributed by atoms with Gasteiger partial charge in [-0.05, 0) is 41.0 Å². The fourth-order valence-corrected chi connectivity index (χ4v) is 4.67. The van der Waals surface area contributed by atoms with Crippen LogP contribution in [0.4, 0.5) is 4.79 Å². The number of rotatable bonds is 8. The Morgan fingerprint density at radius 1 is 1.00 bits per heavy atom. The Labute approximate surface area is 193 Å². The standard InChI is InChI=1S/C26H30N2O5/c1-15(2)23(13-24(29)27-17-11-16(12-17)25(30)31)28-26(32)33-14-22-20-9-5-3-7-18(20)19-8-4-6-10-21(19)22/h3-10,15-17,22-23H,11-14H2,1-2H3,(H,27,29)(H,28,32)(H,30,31). The monoisotopic (exact) mass is 450 g/mol. The normalized spacial score (nSPS) is 19.7. The molecule has 2 aliphatic carbocycles. The molecule has 2 amide bonds. The van der Waals surface area contributed by atoms with Gasteiger partial charge in [0.05, 0.1) is 5.92 Å². The molecule has 7 heteroatoms. The summed E-state index contributed by atoms with van der Waals surface area (Å²) in [6.45, 7) is 4.09. The van der Waals surface area contributed by atoms with Gasteiger partial charge in [-0.1, -0.05) is 62.4 Å². The second kappa shape index (κ2) is 9.65. The van der Waals surface area contributed by atoms with Crippen LogP contribution >= 0.6 is 0 Å². The lowest BCUT2D eigenvalue weighted by Gasteiger charge is -2.33. The molecule has 0 saturated heterocycles. The zero-order valence-electron chi connectivity index (χ0n) is 18.9. The molecule has 0 radical (unpaired) electrons. The number of hydrogen-bond acceptors (Lipinski definition) is 4. The highest BCUT2D eigenvalue weighted by atomic mass is 16.5. The number of alkyl carbamates (subject to hydrolysis) is 1. The number of hydrogen-bond donors (Lipinski definition) is 3. The number of aliphatic carboxylic acids is 1. The SMILES string of the molecule is CC(C)C(CC(=O)NC1CC(C(=O)O)C1)NC(=O)OCC1c2ccccc2-c2ccccc21. The Bertz CT molecular complexity index is 999. The predicted octanol–water partition coefficient (Wildman–Crippen LogP) is 3.92. The third kappa shape index (κ3) is 5.02. The summed E-state index contributed by atoms with van der Waals surface area (Å²) in [5.74, 6) is -1.39. The van der Waals surface area contributed by atoms with Crippen molar-refractivity contribution in [3.8, 4) is 11.1 Å². The maximum absolute atomic E-state index is 12.6. The Balaban J connectivity index is 1.31. The molecule has 0 spiro atoms. The molecular weight excluding hydrogens is 420 g/mol. The van der Waals surface area contributed by atoms with Crippen LogP contribution in [-0.4, -0.2) is 41.8 Å². The number of fused-ring (bicyclic) bond motifs is 3. The summed E-state index contributed by atoms with van der Waals surface area (Å²) >= 11 is 0. The van der Waals surface area contributed by atoms with Crippen molar-refractivity contribution in [2.45, 2.75) is 51.1 Å². The van der Waals surface area contributed by atoms with E-state index in [1.807, 2.05) is 38.1 Å². The third-order valence-electron chi connectivity index (χ3n) is 6.71. The number of carboxylic acid groups (broad SMARTS) is 1. The molecule has 0 bridgehead atoms. The molecule has 1 fully saturated rings. The van der Waals surface area contributed by atoms with Crippen molar-refractivity contribution in [1.82, 2.24) is 10.6 Å². The number of benzene rings is 2. The van der Waals surface area contributed by atoms with Crippen molar-refractivity contribution in [2.75, 3.05) is 6.61 Å². The van der Waals surface area contributed by atoms with Gasteiger partial charge in [0.2, 0.25) is 5.91 Å². The molecule has 3 N–H and O–H groups in total. The number of ether oxygens (including phenoxy) is 1. The molecule has 2 aromatic carbocycles. The van der Waals surface area contributed by atoms with Crippen molar-refractivity contribution in [3.63, 3.8) is 0 Å². The lowest BCUT2D eigenvalue weighted by atomic mass is 9.80. The average molecular weight is 451 g/mol. The Hall–Kier alpha value is -3.35. The van der Waals surface area contributed by atoms with Gasteiger partial charge in [0, 0.05) is 24.4 Å². The molecule has 174 valence electrons. The van der Waals surface area contributed by atoms with Gasteiger partial charge in [-0.25, -0.2) is 4.79 Å². The summed E-state index contributed by atoms with van der Waals surface area (Å²) in [6, 6.07) is 15.8. The van der Waals surface area contributed by atoms with Gasteiger partial charge < -0.3 is 20.5 Å². The second-order valence-electron chi connectivity index (χ2n) is 9.30. The highest BCUT2D eigenvalue weighted by Gasteiger charge is 2.36. The Morgan fingerprint density at radius 2 is 1.58 bits per heavy atom. The van der Waals surface area contributed by atoms with Crippen LogP contribution in [0.2, 0.25) is 0 Å². The lowest BCUT2D eigenvalue weighted by molar-refractivity contribution is -0.146. The zero-order chi connectivity index (χ0) is 23.5. The molecule has 1 saturated carbocycles. The number of carboxylic acids is 1. The molecule has 1 unspecified atom stereocenters. The Kier molecular flexibility index (Phi) is 6.67. The summed E-state index contributed by atoms with van der Waals surface area (Å²) < 4.78 is 5.61. The van der Waals surface area contributed by atoms with Gasteiger partial charge in [-0.15, -0.1) is 0 Å². The summed E-state index contributed by atoms with van der Waals surface area (Å²) in [7, 11) is 0. The van der Waals surface area contributed by atoms with Gasteiger partial charge in [-0.2, -0.15) is 0 Å². The van der Waals surface area contributed by atoms with Crippen LogP contribution in [0.25, 0.3) is 11.1 Å². The van der Waals surface area contributed by atoms with E-state index in [0.717, 1.165) is 11.1 Å². The maximum Gasteiger partial charge on any atom is 0.407 e. The first-order valence-electron chi connectivity index (χ1n) is 11.5. The van der Waals surface area contributed by atoms with E-state index in [2.05, 4.69) is 34.9 Å². The molecule has 4 rings (SSSR count). The summed E-state index contributed by atoms with van der Waals surface area (Å²) in [5, 5.41) is 14.7. The zero-order valence-corrected chi connectivity index (χ0v) is 18.9. The lowest BCUT2D eigenvalue weighted by Crippen LogP contribution is -2.49. The number of carbonyl (C=O) groups excluding carboxylic acids is 2. The highest BCUT2D eigenvalue weighted by molar-refractivity contribution is 5.80. The first-order chi connectivity index (χ1) is 15.8. The van der Waals surface area contributed by atoms with Crippen molar-refractivity contribution in [3.05, 3.63) is 59.7 Å². The second-order valence-corrected chi connectivity index (χ2v) is 9.30. The molecule has 7 nitrogen and oxygen atoms in total. The fraction of sp³-hybridized carbons (Fsp3) is 0.423. The van der Waals surface area contributed by atoms with Crippen molar-refractivity contribution in [2.24, 2.45) is 11.8 Å². The molecule has 2 aromatic rings. The summed E-state index contributed by atoms with van der Waals surface area (Å²) in [5.41, 5.74) is 4.62. The van der Waals surface area contributed by atoms with E-state index in [1.165, 1.54) is 11.1 Å². The molecule has 0 heterocycles. The minimum absolute atomic E-state index is 0.0234. The number of nitrogens with one attached hydrogen (secondary N) is 2. The maximum atomic E-state index is 12.6. The van der Waals surface area contributed by atoms with Crippen molar-refractivity contribution in [1.29, 1.82) is 0 Å². The van der Waals surface area contributed by atoms with E-state index in [1.54, 1.807) is 0 Å². The van der Waals surface area contributed by atoms with Crippen molar-refractivity contribution < 1.29 is 24.2 Å². The van der Waals surface area contributed by atoms with E-state index in [4.69, 9.17) is 9.84 Å². The van der Waals surface area contributed by atoms with Gasteiger partial charge in [-0.3, -0.25) is 9.59 Å². The fourth-order valence-electron chi connectivity index (χ4n) is 4.67. The molecule has 0 aliphatic heterocycles. The van der Waals surface area contributed by atoms with E-state index >= 15 is 0 Å². The van der Waals surface area contributed by atoms with Gasteiger partial charge in [0.15, 0.2) is 0 Å². The van der Waals surface area contributed by atoms with Gasteiger partial charge in [0.1, 0.15) is 6.61 Å². The smallest absolute Gasteiger partial charge is 0.407 e. The number of carbonyl (C=O) groups is 3. The van der Waals surface area contributed by atoms with Crippen LogP contribution in [0, 0.1) is 11.8 Å². The van der Waals surface area contributed by atoms with Gasteiger partial charge in [0.25, 0.3) is 0 Å². The minimum Gasteiger partial charge on any atom is -0.481 e. The quantitative estimate of drug-likeness (QED) is 0.565. The highest BCUT2D eigenvalue weighted by Crippen LogP contribution is 2.44. The van der Waals surface area contributed by atoms with E-state index in [9.17, 15) is 14.4 Å². The van der Waals surface area contributed by atoms with E-state index in [0.29, 0.717) is 12.8 Å². The first-order valence-corrected chi connectivity index (χ1v) is 11.5. The van der Waals surface area contributed by atoms with Crippen LogP contribution in [0.15, 0.2) is 48.5 Å². The molecule has 1 atom stereocenters. The van der Waals surface area contributed by atoms with Crippen LogP contribution in [0.3, 0.4) is 0 Å². The Morgan fingerprint density at radius 3 is 2.12 bits per heavy atom. The topological polar surface area (TPSA) is 105 Å². The predicted molar refractivity (Wildman–Crippen MR) is 124 cm³/mol. The van der Waals surface area contributed by atoms with Crippen LogP contribution in [0.5, 0.6) is 0 Å². The molecule has 0 aromatic heterocycles. The summed E-state index contributed by atoms with van der Waals surface area (Å²) in [6.07, 6.45) is 0.481. The van der Waals surface area contributed by atoms with Crippen LogP contribution < -0.4 is 10.6 Å². The molecular formula is C26H30N2O5. The van der Waals surface area contributed by atoms with Crippen LogP contribution in [0.1, 0.15) is 50.2 Å².